The molecule has 2 unspecified atom stereocenters. The Hall–Kier alpha value is -0.590. The number of allylic oxidation sites excluding steroid dienone is 2. The van der Waals surface area contributed by atoms with Gasteiger partial charge in [-0.1, -0.05) is 19.1 Å². The lowest BCUT2D eigenvalue weighted by molar-refractivity contribution is -0.126. The van der Waals surface area contributed by atoms with Crippen molar-refractivity contribution in [3.05, 3.63) is 12.2 Å². The van der Waals surface area contributed by atoms with E-state index in [1.54, 1.807) is 0 Å². The van der Waals surface area contributed by atoms with E-state index in [2.05, 4.69) is 19.1 Å². The van der Waals surface area contributed by atoms with Crippen LogP contribution in [0.4, 0.5) is 0 Å². The minimum atomic E-state index is 0.00694. The predicted octanol–water partition coefficient (Wildman–Crippen LogP) is 2.71. The third-order valence-corrected chi connectivity index (χ3v) is 3.65. The van der Waals surface area contributed by atoms with Gasteiger partial charge in [0.05, 0.1) is 0 Å². The first-order valence-corrected chi connectivity index (χ1v) is 4.92. The molecule has 2 aliphatic rings. The number of carbonyl (C=O) groups is 1. The maximum atomic E-state index is 11.6. The summed E-state index contributed by atoms with van der Waals surface area (Å²) in [5.41, 5.74) is 0.00694. The first kappa shape index (κ1) is 8.03. The second kappa shape index (κ2) is 2.72. The summed E-state index contributed by atoms with van der Waals surface area (Å²) in [5, 5.41) is 0. The molecule has 0 bridgehead atoms. The van der Waals surface area contributed by atoms with Crippen molar-refractivity contribution in [3.8, 4) is 0 Å². The lowest BCUT2D eigenvalue weighted by Gasteiger charge is -2.27. The van der Waals surface area contributed by atoms with Gasteiger partial charge in [0.1, 0.15) is 5.78 Å². The van der Waals surface area contributed by atoms with Crippen LogP contribution in [-0.4, -0.2) is 5.78 Å². The van der Waals surface area contributed by atoms with E-state index in [0.29, 0.717) is 11.7 Å². The fraction of sp³-hybridized carbons (Fsp3) is 0.727. The Balaban J connectivity index is 2.27. The summed E-state index contributed by atoms with van der Waals surface area (Å²) in [4.78, 5) is 11.6. The molecule has 1 saturated carbocycles. The second-order valence-corrected chi connectivity index (χ2v) is 4.33. The molecule has 2 atom stereocenters. The predicted molar refractivity (Wildman–Crippen MR) is 48.8 cm³/mol. The van der Waals surface area contributed by atoms with E-state index in [1.165, 1.54) is 12.8 Å². The van der Waals surface area contributed by atoms with Gasteiger partial charge in [-0.2, -0.15) is 0 Å². The molecule has 2 aliphatic carbocycles. The van der Waals surface area contributed by atoms with Crippen LogP contribution in [0.1, 0.15) is 39.0 Å². The Labute approximate surface area is 73.8 Å². The smallest absolute Gasteiger partial charge is 0.139 e. The van der Waals surface area contributed by atoms with Crippen molar-refractivity contribution in [1.29, 1.82) is 0 Å². The molecule has 1 heteroatoms. The monoisotopic (exact) mass is 164 g/mol. The van der Waals surface area contributed by atoms with Gasteiger partial charge in [-0.05, 0) is 31.6 Å². The molecule has 1 fully saturated rings. The normalized spacial score (nSPS) is 41.1. The van der Waals surface area contributed by atoms with Gasteiger partial charge < -0.3 is 0 Å². The molecule has 0 spiro atoms. The topological polar surface area (TPSA) is 17.1 Å². The molecule has 0 aliphatic heterocycles. The number of carbonyl (C=O) groups excluding carboxylic acids is 1. The highest BCUT2D eigenvalue weighted by molar-refractivity contribution is 5.87. The van der Waals surface area contributed by atoms with Crippen LogP contribution in [0, 0.1) is 11.3 Å². The van der Waals surface area contributed by atoms with Gasteiger partial charge in [0, 0.05) is 11.8 Å². The van der Waals surface area contributed by atoms with Crippen molar-refractivity contribution in [2.45, 2.75) is 39.0 Å². The van der Waals surface area contributed by atoms with Crippen LogP contribution in [0.2, 0.25) is 0 Å². The van der Waals surface area contributed by atoms with Crippen molar-refractivity contribution in [3.63, 3.8) is 0 Å². The van der Waals surface area contributed by atoms with Gasteiger partial charge in [-0.25, -0.2) is 0 Å². The average Bonchev–Trinajstić information content (AvgIpc) is 2.24. The molecular formula is C11H16O. The van der Waals surface area contributed by atoms with E-state index in [-0.39, 0.29) is 5.41 Å². The highest BCUT2D eigenvalue weighted by Crippen LogP contribution is 2.46. The maximum absolute atomic E-state index is 11.6. The first-order chi connectivity index (χ1) is 5.73. The van der Waals surface area contributed by atoms with Gasteiger partial charge in [-0.15, -0.1) is 0 Å². The summed E-state index contributed by atoms with van der Waals surface area (Å²) < 4.78 is 0. The third kappa shape index (κ3) is 1.03. The third-order valence-electron chi connectivity index (χ3n) is 3.65. The minimum Gasteiger partial charge on any atom is -0.299 e. The van der Waals surface area contributed by atoms with Crippen LogP contribution >= 0.6 is 0 Å². The molecule has 0 radical (unpaired) electrons. The second-order valence-electron chi connectivity index (χ2n) is 4.33. The van der Waals surface area contributed by atoms with Gasteiger partial charge in [-0.3, -0.25) is 4.79 Å². The number of Topliss-reactive ketones (excluding diaryl/α,β-unsaturated/α-hetero) is 1. The molecule has 66 valence electrons. The van der Waals surface area contributed by atoms with Gasteiger partial charge in [0.25, 0.3) is 0 Å². The van der Waals surface area contributed by atoms with E-state index in [1.807, 2.05) is 0 Å². The molecule has 0 N–H and O–H groups in total. The van der Waals surface area contributed by atoms with Crippen molar-refractivity contribution in [2.75, 3.05) is 0 Å². The van der Waals surface area contributed by atoms with Crippen molar-refractivity contribution < 1.29 is 4.79 Å². The molecule has 2 rings (SSSR count). The Kier molecular flexibility index (Phi) is 1.82. The van der Waals surface area contributed by atoms with Crippen LogP contribution in [0.3, 0.4) is 0 Å². The summed E-state index contributed by atoms with van der Waals surface area (Å²) in [6, 6.07) is 0. The lowest BCUT2D eigenvalue weighted by atomic mass is 9.76. The Bertz CT molecular complexity index is 229. The zero-order valence-corrected chi connectivity index (χ0v) is 7.68. The Morgan fingerprint density at radius 3 is 3.08 bits per heavy atom. The molecule has 0 aromatic rings. The number of fused-ring (bicyclic) bond motifs is 1. The highest BCUT2D eigenvalue weighted by atomic mass is 16.1. The average molecular weight is 164 g/mol. The Morgan fingerprint density at radius 2 is 2.25 bits per heavy atom. The molecule has 0 aromatic carbocycles. The van der Waals surface area contributed by atoms with E-state index >= 15 is 0 Å². The van der Waals surface area contributed by atoms with Gasteiger partial charge in [0.15, 0.2) is 0 Å². The van der Waals surface area contributed by atoms with E-state index in [9.17, 15) is 4.79 Å². The van der Waals surface area contributed by atoms with E-state index < -0.39 is 0 Å². The molecule has 0 aromatic heterocycles. The number of hydrogen-bond donors (Lipinski definition) is 0. The van der Waals surface area contributed by atoms with Crippen LogP contribution in [0.15, 0.2) is 12.2 Å². The lowest BCUT2D eigenvalue weighted by Crippen LogP contribution is -2.27. The Morgan fingerprint density at radius 1 is 1.42 bits per heavy atom. The summed E-state index contributed by atoms with van der Waals surface area (Å²) in [6.45, 7) is 2.16. The summed E-state index contributed by atoms with van der Waals surface area (Å²) in [7, 11) is 0. The molecule has 0 saturated heterocycles. The van der Waals surface area contributed by atoms with Gasteiger partial charge in [0.2, 0.25) is 0 Å². The van der Waals surface area contributed by atoms with Crippen molar-refractivity contribution in [1.82, 2.24) is 0 Å². The fourth-order valence-corrected chi connectivity index (χ4v) is 2.62. The number of rotatable bonds is 0. The van der Waals surface area contributed by atoms with Crippen LogP contribution < -0.4 is 0 Å². The largest absolute Gasteiger partial charge is 0.299 e. The zero-order chi connectivity index (χ0) is 8.60. The summed E-state index contributed by atoms with van der Waals surface area (Å²) in [5.74, 6) is 1.17. The maximum Gasteiger partial charge on any atom is 0.139 e. The molecule has 1 nitrogen and oxygen atoms in total. The minimum absolute atomic E-state index is 0.00694. The first-order valence-electron chi connectivity index (χ1n) is 4.92. The number of ketones is 1. The summed E-state index contributed by atoms with van der Waals surface area (Å²) in [6.07, 6.45) is 9.77. The van der Waals surface area contributed by atoms with Crippen LogP contribution in [0.5, 0.6) is 0 Å². The zero-order valence-electron chi connectivity index (χ0n) is 7.68. The van der Waals surface area contributed by atoms with Crippen molar-refractivity contribution in [2.24, 2.45) is 11.3 Å². The molecule has 12 heavy (non-hydrogen) atoms. The van der Waals surface area contributed by atoms with Crippen molar-refractivity contribution >= 4 is 5.78 Å². The SMILES string of the molecule is CC12CC=CCCC1CCC2=O. The molecule has 0 heterocycles. The molecular weight excluding hydrogens is 148 g/mol. The fourth-order valence-electron chi connectivity index (χ4n) is 2.62. The van der Waals surface area contributed by atoms with E-state index in [4.69, 9.17) is 0 Å². The molecule has 0 amide bonds. The highest BCUT2D eigenvalue weighted by Gasteiger charge is 2.44. The van der Waals surface area contributed by atoms with E-state index in [0.717, 1.165) is 19.3 Å². The van der Waals surface area contributed by atoms with Gasteiger partial charge >= 0.3 is 0 Å². The number of hydrogen-bond acceptors (Lipinski definition) is 1. The quantitative estimate of drug-likeness (QED) is 0.503. The summed E-state index contributed by atoms with van der Waals surface area (Å²) >= 11 is 0. The van der Waals surface area contributed by atoms with Crippen LogP contribution in [-0.2, 0) is 4.79 Å². The van der Waals surface area contributed by atoms with Crippen LogP contribution in [0.25, 0.3) is 0 Å². The standard InChI is InChI=1S/C11H16O/c1-11-8-4-2-3-5-9(11)6-7-10(11)12/h2,4,9H,3,5-8H2,1H3.